The van der Waals surface area contributed by atoms with Crippen LogP contribution in [0.5, 0.6) is 0 Å². The molecule has 0 unspecified atom stereocenters. The Hall–Kier alpha value is -1.47. The second kappa shape index (κ2) is 5.49. The quantitative estimate of drug-likeness (QED) is 0.737. The lowest BCUT2D eigenvalue weighted by Gasteiger charge is -2.46. The van der Waals surface area contributed by atoms with E-state index in [1.54, 1.807) is 17.2 Å². The first-order valence-corrected chi connectivity index (χ1v) is 7.10. The minimum atomic E-state index is -0.131. The molecule has 0 atom stereocenters. The normalized spacial score (nSPS) is 23.1. The minimum absolute atomic E-state index is 0.117. The first-order valence-electron chi connectivity index (χ1n) is 7.10. The fraction of sp³-hybridized carbons (Fsp3) is 0.769. The Bertz CT molecular complexity index is 453. The number of likely N-dealkylation sites (tertiary alicyclic amines) is 1. The van der Waals surface area contributed by atoms with E-state index in [2.05, 4.69) is 22.1 Å². The maximum Gasteiger partial charge on any atom is 0.242 e. The van der Waals surface area contributed by atoms with Gasteiger partial charge in [0.2, 0.25) is 5.91 Å². The first-order chi connectivity index (χ1) is 9.67. The number of carbonyl (C=O) groups is 1. The van der Waals surface area contributed by atoms with Gasteiger partial charge in [0.05, 0.1) is 12.2 Å². The number of amides is 1. The van der Waals surface area contributed by atoms with Crippen molar-refractivity contribution in [2.24, 2.45) is 0 Å². The molecule has 3 rings (SSSR count). The van der Waals surface area contributed by atoms with Crippen molar-refractivity contribution in [2.75, 3.05) is 39.8 Å². The maximum atomic E-state index is 12.3. The maximum absolute atomic E-state index is 12.3. The van der Waals surface area contributed by atoms with E-state index in [4.69, 9.17) is 4.74 Å². The Morgan fingerprint density at radius 1 is 1.25 bits per heavy atom. The Balaban J connectivity index is 1.61. The lowest BCUT2D eigenvalue weighted by molar-refractivity contribution is -0.159. The predicted octanol–water partition coefficient (Wildman–Crippen LogP) is -0.399. The molecule has 1 aromatic heterocycles. The van der Waals surface area contributed by atoms with Crippen LogP contribution in [0.15, 0.2) is 12.7 Å². The number of rotatable bonds is 2. The molecule has 0 aromatic carbocycles. The summed E-state index contributed by atoms with van der Waals surface area (Å²) in [5, 5.41) is 7.45. The van der Waals surface area contributed by atoms with E-state index in [1.807, 2.05) is 4.90 Å². The molecule has 2 saturated heterocycles. The molecule has 0 aliphatic carbocycles. The zero-order valence-electron chi connectivity index (χ0n) is 11.9. The summed E-state index contributed by atoms with van der Waals surface area (Å²) in [5.41, 5.74) is -0.131. The van der Waals surface area contributed by atoms with Gasteiger partial charge in [0.15, 0.2) is 0 Å². The van der Waals surface area contributed by atoms with Gasteiger partial charge in [-0.25, -0.2) is 0 Å². The minimum Gasteiger partial charge on any atom is -0.371 e. The SMILES string of the molecule is CN1CCC2(CC1)CN(C(=O)Cn1cnnc1)CCO2. The van der Waals surface area contributed by atoms with Crippen molar-refractivity contribution in [3.63, 3.8) is 0 Å². The second-order valence-corrected chi connectivity index (χ2v) is 5.78. The Labute approximate surface area is 118 Å². The van der Waals surface area contributed by atoms with Crippen LogP contribution in [0.2, 0.25) is 0 Å². The van der Waals surface area contributed by atoms with E-state index in [-0.39, 0.29) is 11.5 Å². The largest absolute Gasteiger partial charge is 0.371 e. The van der Waals surface area contributed by atoms with Crippen LogP contribution in [-0.2, 0) is 16.1 Å². The summed E-state index contributed by atoms with van der Waals surface area (Å²) in [5.74, 6) is 0.117. The molecule has 7 heteroatoms. The third kappa shape index (κ3) is 2.83. The molecule has 0 radical (unpaired) electrons. The Morgan fingerprint density at radius 2 is 1.95 bits per heavy atom. The van der Waals surface area contributed by atoms with Crippen molar-refractivity contribution in [3.8, 4) is 0 Å². The van der Waals surface area contributed by atoms with Gasteiger partial charge in [-0.15, -0.1) is 10.2 Å². The molecule has 2 aliphatic rings. The summed E-state index contributed by atoms with van der Waals surface area (Å²) in [6.07, 6.45) is 5.15. The van der Waals surface area contributed by atoms with Crippen molar-refractivity contribution in [1.82, 2.24) is 24.6 Å². The second-order valence-electron chi connectivity index (χ2n) is 5.78. The molecular weight excluding hydrogens is 258 g/mol. The van der Waals surface area contributed by atoms with Crippen LogP contribution in [0.25, 0.3) is 0 Å². The zero-order chi connectivity index (χ0) is 14.0. The fourth-order valence-electron chi connectivity index (χ4n) is 2.95. The molecule has 1 amide bonds. The van der Waals surface area contributed by atoms with Crippen LogP contribution < -0.4 is 0 Å². The Kier molecular flexibility index (Phi) is 3.71. The van der Waals surface area contributed by atoms with Gasteiger partial charge in [0.1, 0.15) is 19.2 Å². The third-order valence-electron chi connectivity index (χ3n) is 4.28. The van der Waals surface area contributed by atoms with Crippen LogP contribution in [0.1, 0.15) is 12.8 Å². The van der Waals surface area contributed by atoms with Gasteiger partial charge in [-0.3, -0.25) is 4.79 Å². The van der Waals surface area contributed by atoms with E-state index in [0.717, 1.165) is 25.9 Å². The van der Waals surface area contributed by atoms with Crippen molar-refractivity contribution in [3.05, 3.63) is 12.7 Å². The molecule has 1 spiro atoms. The van der Waals surface area contributed by atoms with E-state index in [9.17, 15) is 4.79 Å². The van der Waals surface area contributed by atoms with Crippen molar-refractivity contribution in [1.29, 1.82) is 0 Å². The topological polar surface area (TPSA) is 63.5 Å². The summed E-state index contributed by atoms with van der Waals surface area (Å²) < 4.78 is 7.73. The number of aromatic nitrogens is 3. The number of morpholine rings is 1. The third-order valence-corrected chi connectivity index (χ3v) is 4.28. The number of piperidine rings is 1. The summed E-state index contributed by atoms with van der Waals surface area (Å²) in [6, 6.07) is 0. The molecule has 3 heterocycles. The molecular formula is C13H21N5O2. The smallest absolute Gasteiger partial charge is 0.242 e. The summed E-state index contributed by atoms with van der Waals surface area (Å²) >= 11 is 0. The lowest BCUT2D eigenvalue weighted by Crippen LogP contribution is -2.58. The molecule has 7 nitrogen and oxygen atoms in total. The first kappa shape index (κ1) is 13.5. The highest BCUT2D eigenvalue weighted by Gasteiger charge is 2.40. The summed E-state index contributed by atoms with van der Waals surface area (Å²) in [7, 11) is 2.13. The average Bonchev–Trinajstić information content (AvgIpc) is 2.96. The summed E-state index contributed by atoms with van der Waals surface area (Å²) in [6.45, 7) is 4.40. The molecule has 0 N–H and O–H groups in total. The monoisotopic (exact) mass is 279 g/mol. The highest BCUT2D eigenvalue weighted by atomic mass is 16.5. The molecule has 110 valence electrons. The van der Waals surface area contributed by atoms with E-state index in [0.29, 0.717) is 26.2 Å². The standard InChI is InChI=1S/C13H21N5O2/c1-16-4-2-13(3-5-16)9-18(6-7-20-13)12(19)8-17-10-14-15-11-17/h10-11H,2-9H2,1H3. The van der Waals surface area contributed by atoms with Gasteiger partial charge >= 0.3 is 0 Å². The van der Waals surface area contributed by atoms with E-state index >= 15 is 0 Å². The average molecular weight is 279 g/mol. The Morgan fingerprint density at radius 3 is 2.65 bits per heavy atom. The van der Waals surface area contributed by atoms with Gasteiger partial charge in [0.25, 0.3) is 0 Å². The number of hydrogen-bond donors (Lipinski definition) is 0. The van der Waals surface area contributed by atoms with E-state index < -0.39 is 0 Å². The van der Waals surface area contributed by atoms with Gasteiger partial charge in [-0.05, 0) is 19.9 Å². The number of carbonyl (C=O) groups excluding carboxylic acids is 1. The summed E-state index contributed by atoms with van der Waals surface area (Å²) in [4.78, 5) is 16.6. The van der Waals surface area contributed by atoms with E-state index in [1.165, 1.54) is 0 Å². The van der Waals surface area contributed by atoms with Crippen LogP contribution in [-0.4, -0.2) is 75.9 Å². The van der Waals surface area contributed by atoms with Crippen LogP contribution >= 0.6 is 0 Å². The van der Waals surface area contributed by atoms with Crippen LogP contribution in [0.3, 0.4) is 0 Å². The highest BCUT2D eigenvalue weighted by molar-refractivity contribution is 5.76. The molecule has 0 saturated carbocycles. The molecule has 2 fully saturated rings. The number of hydrogen-bond acceptors (Lipinski definition) is 5. The molecule has 1 aromatic rings. The number of nitrogens with zero attached hydrogens (tertiary/aromatic N) is 5. The zero-order valence-corrected chi connectivity index (χ0v) is 11.9. The van der Waals surface area contributed by atoms with Crippen molar-refractivity contribution < 1.29 is 9.53 Å². The van der Waals surface area contributed by atoms with Gasteiger partial charge in [-0.2, -0.15) is 0 Å². The molecule has 2 aliphatic heterocycles. The van der Waals surface area contributed by atoms with Gasteiger partial charge in [0, 0.05) is 26.2 Å². The van der Waals surface area contributed by atoms with Gasteiger partial charge in [-0.1, -0.05) is 0 Å². The van der Waals surface area contributed by atoms with Gasteiger partial charge < -0.3 is 19.1 Å². The fourth-order valence-corrected chi connectivity index (χ4v) is 2.95. The van der Waals surface area contributed by atoms with Crippen molar-refractivity contribution in [2.45, 2.75) is 25.0 Å². The lowest BCUT2D eigenvalue weighted by atomic mass is 9.89. The van der Waals surface area contributed by atoms with Crippen LogP contribution in [0.4, 0.5) is 0 Å². The molecule has 0 bridgehead atoms. The van der Waals surface area contributed by atoms with Crippen LogP contribution in [0, 0.1) is 0 Å². The highest BCUT2D eigenvalue weighted by Crippen LogP contribution is 2.29. The molecule has 20 heavy (non-hydrogen) atoms. The predicted molar refractivity (Wildman–Crippen MR) is 72.0 cm³/mol. The number of ether oxygens (including phenoxy) is 1. The van der Waals surface area contributed by atoms with Crippen molar-refractivity contribution >= 4 is 5.91 Å².